The molecular formula is C25H32N2O2. The van der Waals surface area contributed by atoms with E-state index in [1.807, 2.05) is 46.8 Å². The highest BCUT2D eigenvalue weighted by Crippen LogP contribution is 2.36. The number of aromatic hydroxyl groups is 1. The van der Waals surface area contributed by atoms with Gasteiger partial charge in [0.25, 0.3) is 5.91 Å². The van der Waals surface area contributed by atoms with Gasteiger partial charge in [-0.25, -0.2) is 4.99 Å². The second-order valence-corrected chi connectivity index (χ2v) is 5.17. The molecule has 0 aromatic carbocycles. The highest BCUT2D eigenvalue weighted by molar-refractivity contribution is 6.30. The number of nitrogens with one attached hydrogen (secondary N) is 1. The summed E-state index contributed by atoms with van der Waals surface area (Å²) < 4.78 is 0. The van der Waals surface area contributed by atoms with E-state index in [0.29, 0.717) is 33.7 Å². The molecule has 0 bridgehead atoms. The first-order valence-electron chi connectivity index (χ1n) is 9.75. The number of allylic oxidation sites excluding steroid dienone is 11. The maximum absolute atomic E-state index is 12.5. The molecule has 1 aliphatic rings. The molecule has 2 N–H and O–H groups in total. The summed E-state index contributed by atoms with van der Waals surface area (Å²) in [5.74, 6) is -0.517. The highest BCUT2D eigenvalue weighted by atomic mass is 16.3. The van der Waals surface area contributed by atoms with E-state index in [1.54, 1.807) is 42.5 Å². The summed E-state index contributed by atoms with van der Waals surface area (Å²) in [5.41, 5.74) is 2.96. The average Bonchev–Trinajstić information content (AvgIpc) is 3.27. The summed E-state index contributed by atoms with van der Waals surface area (Å²) in [6.07, 6.45) is 15.6. The van der Waals surface area contributed by atoms with E-state index in [-0.39, 0.29) is 5.88 Å². The van der Waals surface area contributed by atoms with Gasteiger partial charge in [0, 0.05) is 5.57 Å². The van der Waals surface area contributed by atoms with E-state index in [4.69, 9.17) is 0 Å². The molecule has 2 rings (SSSR count). The topological polar surface area (TPSA) is 65.4 Å². The summed E-state index contributed by atoms with van der Waals surface area (Å²) in [4.78, 5) is 19.5. The number of aliphatic imine (C=N–C) groups is 1. The predicted molar refractivity (Wildman–Crippen MR) is 127 cm³/mol. The van der Waals surface area contributed by atoms with Crippen molar-refractivity contribution in [3.63, 3.8) is 0 Å². The van der Waals surface area contributed by atoms with Gasteiger partial charge in [-0.05, 0) is 12.5 Å². The van der Waals surface area contributed by atoms with Gasteiger partial charge >= 0.3 is 0 Å². The third-order valence-electron chi connectivity index (χ3n) is 3.60. The standard InChI is InChI=1S/C21H20N2O2.2C2H6/c1-5-9-12-14(8-4)18-16-17(21(25)22-18)19(23-20(16)24)15(11-7-3)13-10-6-2;2*1-2/h5-13,23-24H,2-4H2,1H3;2*1-2H3/b9-5-,13-10-,14-12+,15-11+;;. The van der Waals surface area contributed by atoms with Crippen molar-refractivity contribution in [2.45, 2.75) is 34.6 Å². The maximum atomic E-state index is 12.5. The number of amides is 1. The molecule has 1 aromatic heterocycles. The number of hydrogen-bond donors (Lipinski definition) is 2. The minimum atomic E-state index is -0.410. The fraction of sp³-hybridized carbons (Fsp3) is 0.200. The normalized spacial score (nSPS) is 13.3. The van der Waals surface area contributed by atoms with Crippen molar-refractivity contribution >= 4 is 17.2 Å². The van der Waals surface area contributed by atoms with Crippen LogP contribution in [-0.2, 0) is 0 Å². The number of fused-ring (bicyclic) bond motifs is 1. The Kier molecular flexibility index (Phi) is 12.1. The predicted octanol–water partition coefficient (Wildman–Crippen LogP) is 6.72. The minimum absolute atomic E-state index is 0.107. The first-order chi connectivity index (χ1) is 14.1. The van der Waals surface area contributed by atoms with Crippen LogP contribution in [0.3, 0.4) is 0 Å². The summed E-state index contributed by atoms with van der Waals surface area (Å²) in [6, 6.07) is 0. The third kappa shape index (κ3) is 6.04. The van der Waals surface area contributed by atoms with Crippen LogP contribution >= 0.6 is 0 Å². The zero-order valence-electron chi connectivity index (χ0n) is 18.1. The molecule has 1 aromatic rings. The van der Waals surface area contributed by atoms with Gasteiger partial charge in [-0.15, -0.1) is 0 Å². The van der Waals surface area contributed by atoms with E-state index in [1.165, 1.54) is 0 Å². The monoisotopic (exact) mass is 392 g/mol. The molecule has 4 heteroatoms. The third-order valence-corrected chi connectivity index (χ3v) is 3.60. The highest BCUT2D eigenvalue weighted by Gasteiger charge is 2.33. The van der Waals surface area contributed by atoms with Crippen molar-refractivity contribution in [3.05, 3.63) is 96.8 Å². The lowest BCUT2D eigenvalue weighted by Crippen LogP contribution is -1.99. The van der Waals surface area contributed by atoms with Crippen molar-refractivity contribution in [3.8, 4) is 5.88 Å². The molecular weight excluding hydrogens is 360 g/mol. The summed E-state index contributed by atoms with van der Waals surface area (Å²) in [6.45, 7) is 21.0. The Balaban J connectivity index is 0.00000184. The lowest BCUT2D eigenvalue weighted by Gasteiger charge is -2.01. The zero-order chi connectivity index (χ0) is 22.4. The van der Waals surface area contributed by atoms with Crippen molar-refractivity contribution in [1.29, 1.82) is 0 Å². The molecule has 0 spiro atoms. The molecule has 0 saturated heterocycles. The molecule has 0 radical (unpaired) electrons. The van der Waals surface area contributed by atoms with Crippen LogP contribution in [0.2, 0.25) is 0 Å². The molecule has 29 heavy (non-hydrogen) atoms. The summed E-state index contributed by atoms with van der Waals surface area (Å²) >= 11 is 0. The number of nitrogens with zero attached hydrogens (tertiary/aromatic N) is 1. The zero-order valence-corrected chi connectivity index (χ0v) is 18.1. The number of aromatic nitrogens is 1. The van der Waals surface area contributed by atoms with Crippen LogP contribution in [-0.4, -0.2) is 21.7 Å². The summed E-state index contributed by atoms with van der Waals surface area (Å²) in [7, 11) is 0. The minimum Gasteiger partial charge on any atom is -0.494 e. The van der Waals surface area contributed by atoms with Crippen molar-refractivity contribution in [1.82, 2.24) is 4.98 Å². The van der Waals surface area contributed by atoms with E-state index >= 15 is 0 Å². The molecule has 1 amide bonds. The lowest BCUT2D eigenvalue weighted by molar-refractivity contribution is 0.101. The van der Waals surface area contributed by atoms with Gasteiger partial charge in [-0.2, -0.15) is 0 Å². The number of carbonyl (C=O) groups excluding carboxylic acids is 1. The number of hydrogen-bond acceptors (Lipinski definition) is 2. The van der Waals surface area contributed by atoms with Crippen LogP contribution in [0.1, 0.15) is 56.2 Å². The van der Waals surface area contributed by atoms with Crippen LogP contribution in [0.15, 0.2) is 85.0 Å². The lowest BCUT2D eigenvalue weighted by atomic mass is 9.99. The van der Waals surface area contributed by atoms with Crippen molar-refractivity contribution in [2.75, 3.05) is 0 Å². The van der Waals surface area contributed by atoms with Crippen LogP contribution in [0, 0.1) is 0 Å². The van der Waals surface area contributed by atoms with Crippen LogP contribution < -0.4 is 0 Å². The molecule has 0 unspecified atom stereocenters. The van der Waals surface area contributed by atoms with E-state index in [2.05, 4.69) is 29.7 Å². The molecule has 0 saturated carbocycles. The van der Waals surface area contributed by atoms with Gasteiger partial charge in [0.2, 0.25) is 0 Å². The Bertz CT molecular complexity index is 888. The summed E-state index contributed by atoms with van der Waals surface area (Å²) in [5, 5.41) is 10.4. The Morgan fingerprint density at radius 3 is 2.14 bits per heavy atom. The van der Waals surface area contributed by atoms with E-state index in [0.717, 1.165) is 0 Å². The Hall–Kier alpha value is -3.40. The van der Waals surface area contributed by atoms with Crippen molar-refractivity contribution < 1.29 is 9.90 Å². The number of aromatic amines is 1. The first kappa shape index (κ1) is 25.6. The fourth-order valence-electron chi connectivity index (χ4n) is 2.53. The molecule has 0 atom stereocenters. The first-order valence-corrected chi connectivity index (χ1v) is 9.75. The second-order valence-electron chi connectivity index (χ2n) is 5.17. The van der Waals surface area contributed by atoms with Crippen LogP contribution in [0.5, 0.6) is 5.88 Å². The van der Waals surface area contributed by atoms with Gasteiger partial charge in [0.05, 0.1) is 22.5 Å². The largest absolute Gasteiger partial charge is 0.494 e. The molecule has 154 valence electrons. The Morgan fingerprint density at radius 2 is 1.62 bits per heavy atom. The Morgan fingerprint density at radius 1 is 0.966 bits per heavy atom. The van der Waals surface area contributed by atoms with Gasteiger partial charge in [0.1, 0.15) is 0 Å². The molecule has 1 aliphatic heterocycles. The molecule has 2 heterocycles. The quantitative estimate of drug-likeness (QED) is 0.506. The number of carbonyl (C=O) groups is 1. The second kappa shape index (κ2) is 13.7. The van der Waals surface area contributed by atoms with Gasteiger partial charge in [0.15, 0.2) is 5.88 Å². The van der Waals surface area contributed by atoms with Gasteiger partial charge in [-0.3, -0.25) is 4.79 Å². The van der Waals surface area contributed by atoms with E-state index in [9.17, 15) is 9.90 Å². The average molecular weight is 393 g/mol. The van der Waals surface area contributed by atoms with Crippen LogP contribution in [0.4, 0.5) is 0 Å². The van der Waals surface area contributed by atoms with Crippen molar-refractivity contribution in [2.24, 2.45) is 4.99 Å². The van der Waals surface area contributed by atoms with Gasteiger partial charge < -0.3 is 10.1 Å². The maximum Gasteiger partial charge on any atom is 0.280 e. The number of rotatable bonds is 7. The van der Waals surface area contributed by atoms with Crippen LogP contribution in [0.25, 0.3) is 5.57 Å². The number of H-pyrrole nitrogens is 1. The smallest absolute Gasteiger partial charge is 0.280 e. The fourth-order valence-corrected chi connectivity index (χ4v) is 2.53. The SMILES string of the molecule is C=C/C=C\C(=C/C=C)c1[nH]c(O)c2c1C(=O)N=C2/C(C=C)=C/C=C\C.CC.CC. The Labute approximate surface area is 174 Å². The molecule has 4 nitrogen and oxygen atoms in total. The van der Waals surface area contributed by atoms with E-state index < -0.39 is 5.91 Å². The molecule has 0 aliphatic carbocycles. The van der Waals surface area contributed by atoms with Gasteiger partial charge in [-0.1, -0.05) is 102 Å². The molecule has 0 fully saturated rings.